The summed E-state index contributed by atoms with van der Waals surface area (Å²) in [6, 6.07) is 14.8. The van der Waals surface area contributed by atoms with Crippen LogP contribution in [0.2, 0.25) is 0 Å². The summed E-state index contributed by atoms with van der Waals surface area (Å²) in [4.78, 5) is 37.9. The van der Waals surface area contributed by atoms with E-state index in [1.165, 1.54) is 24.3 Å². The number of carbonyl (C=O) groups excluding carboxylic acids is 1. The Morgan fingerprint density at radius 2 is 1.61 bits per heavy atom. The van der Waals surface area contributed by atoms with Gasteiger partial charge in [-0.15, -0.1) is 0 Å². The van der Waals surface area contributed by atoms with E-state index in [1.807, 2.05) is 30.3 Å². The van der Waals surface area contributed by atoms with E-state index in [4.69, 9.17) is 0 Å². The Bertz CT molecular complexity index is 1070. The molecule has 11 nitrogen and oxygen atoms in total. The zero-order valence-electron chi connectivity index (χ0n) is 16.5. The van der Waals surface area contributed by atoms with Crippen molar-refractivity contribution in [3.05, 3.63) is 70.3 Å². The Hall–Kier alpha value is -4.28. The number of para-hydroxylation sites is 1. The van der Waals surface area contributed by atoms with E-state index in [-0.39, 0.29) is 17.2 Å². The number of nitro benzene ring substituents is 1. The molecule has 1 fully saturated rings. The first-order chi connectivity index (χ1) is 15.1. The number of carbonyl (C=O) groups is 1. The van der Waals surface area contributed by atoms with Crippen LogP contribution in [0.1, 0.15) is 23.2 Å². The molecule has 0 aliphatic carbocycles. The van der Waals surface area contributed by atoms with Gasteiger partial charge in [-0.3, -0.25) is 25.8 Å². The van der Waals surface area contributed by atoms with Crippen molar-refractivity contribution in [1.82, 2.24) is 20.4 Å². The highest BCUT2D eigenvalue weighted by atomic mass is 16.6. The van der Waals surface area contributed by atoms with Crippen LogP contribution in [-0.4, -0.2) is 38.9 Å². The van der Waals surface area contributed by atoms with Gasteiger partial charge >= 0.3 is 0 Å². The number of hydrogen-bond acceptors (Lipinski definition) is 9. The van der Waals surface area contributed by atoms with Gasteiger partial charge in [-0.2, -0.15) is 15.0 Å². The van der Waals surface area contributed by atoms with Crippen LogP contribution in [0.25, 0.3) is 0 Å². The van der Waals surface area contributed by atoms with E-state index in [0.717, 1.165) is 31.6 Å². The average Bonchev–Trinajstić information content (AvgIpc) is 3.33. The molecule has 2 heterocycles. The first-order valence-electron chi connectivity index (χ1n) is 9.72. The molecule has 3 N–H and O–H groups in total. The Labute approximate surface area is 177 Å². The number of aromatic nitrogens is 3. The van der Waals surface area contributed by atoms with E-state index in [9.17, 15) is 14.9 Å². The predicted octanol–water partition coefficient (Wildman–Crippen LogP) is 2.88. The van der Waals surface area contributed by atoms with Gasteiger partial charge in [0.1, 0.15) is 0 Å². The second-order valence-corrected chi connectivity index (χ2v) is 6.85. The Morgan fingerprint density at radius 1 is 0.935 bits per heavy atom. The molecule has 0 saturated carbocycles. The van der Waals surface area contributed by atoms with Crippen LogP contribution in [0.3, 0.4) is 0 Å². The third-order valence-corrected chi connectivity index (χ3v) is 4.67. The number of anilines is 4. The molecule has 0 bridgehead atoms. The highest BCUT2D eigenvalue weighted by molar-refractivity contribution is 5.94. The predicted molar refractivity (Wildman–Crippen MR) is 115 cm³/mol. The highest BCUT2D eigenvalue weighted by Crippen LogP contribution is 2.20. The molecule has 0 radical (unpaired) electrons. The van der Waals surface area contributed by atoms with E-state index < -0.39 is 10.8 Å². The van der Waals surface area contributed by atoms with Gasteiger partial charge in [0, 0.05) is 36.5 Å². The van der Waals surface area contributed by atoms with Gasteiger partial charge in [0.15, 0.2) is 0 Å². The van der Waals surface area contributed by atoms with Crippen LogP contribution in [-0.2, 0) is 0 Å². The Balaban J connectivity index is 1.50. The molecular formula is C20H20N8O3. The van der Waals surface area contributed by atoms with Crippen LogP contribution in [0.5, 0.6) is 0 Å². The Kier molecular flexibility index (Phi) is 5.83. The summed E-state index contributed by atoms with van der Waals surface area (Å²) >= 11 is 0. The molecule has 3 aromatic rings. The summed E-state index contributed by atoms with van der Waals surface area (Å²) in [6.45, 7) is 1.70. The molecular weight excluding hydrogens is 400 g/mol. The van der Waals surface area contributed by atoms with Crippen molar-refractivity contribution < 1.29 is 9.72 Å². The fourth-order valence-electron chi connectivity index (χ4n) is 3.11. The van der Waals surface area contributed by atoms with Gasteiger partial charge < -0.3 is 10.2 Å². The van der Waals surface area contributed by atoms with Gasteiger partial charge in [-0.1, -0.05) is 18.2 Å². The van der Waals surface area contributed by atoms with E-state index >= 15 is 0 Å². The smallest absolute Gasteiger partial charge is 0.269 e. The zero-order chi connectivity index (χ0) is 21.6. The van der Waals surface area contributed by atoms with Crippen LogP contribution in [0.4, 0.5) is 29.2 Å². The molecule has 1 saturated heterocycles. The van der Waals surface area contributed by atoms with Gasteiger partial charge in [0.25, 0.3) is 11.6 Å². The van der Waals surface area contributed by atoms with Crippen molar-refractivity contribution in [3.8, 4) is 0 Å². The minimum absolute atomic E-state index is 0.0890. The maximum Gasteiger partial charge on any atom is 0.269 e. The number of nitro groups is 1. The maximum absolute atomic E-state index is 12.4. The van der Waals surface area contributed by atoms with Crippen molar-refractivity contribution in [2.45, 2.75) is 12.8 Å². The van der Waals surface area contributed by atoms with Crippen LogP contribution in [0, 0.1) is 10.1 Å². The summed E-state index contributed by atoms with van der Waals surface area (Å²) in [5.41, 5.74) is 6.21. The van der Waals surface area contributed by atoms with Crippen LogP contribution in [0.15, 0.2) is 54.6 Å². The van der Waals surface area contributed by atoms with Crippen LogP contribution >= 0.6 is 0 Å². The number of nitrogens with zero attached hydrogens (tertiary/aromatic N) is 5. The number of hydrogen-bond donors (Lipinski definition) is 3. The molecule has 1 aliphatic rings. The number of non-ortho nitro benzene ring substituents is 1. The van der Waals surface area contributed by atoms with Gasteiger partial charge in [-0.25, -0.2) is 0 Å². The molecule has 11 heteroatoms. The summed E-state index contributed by atoms with van der Waals surface area (Å²) in [6.07, 6.45) is 2.12. The third kappa shape index (κ3) is 5.01. The monoisotopic (exact) mass is 420 g/mol. The van der Waals surface area contributed by atoms with Crippen molar-refractivity contribution in [1.29, 1.82) is 0 Å². The minimum atomic E-state index is -0.522. The summed E-state index contributed by atoms with van der Waals surface area (Å²) in [7, 11) is 0. The van der Waals surface area contributed by atoms with Crippen molar-refractivity contribution in [2.75, 3.05) is 28.7 Å². The molecule has 31 heavy (non-hydrogen) atoms. The molecule has 0 spiro atoms. The van der Waals surface area contributed by atoms with E-state index in [1.54, 1.807) is 0 Å². The standard InChI is InChI=1S/C20H20N8O3/c29-17(14-8-10-16(11-9-14)28(30)31)25-26-19-22-18(21-15-6-2-1-3-7-15)23-20(24-19)27-12-4-5-13-27/h1-3,6-11H,4-5,12-13H2,(H,25,29)(H2,21,22,23,24,26). The lowest BCUT2D eigenvalue weighted by atomic mass is 10.2. The lowest BCUT2D eigenvalue weighted by Crippen LogP contribution is -2.31. The number of nitrogens with one attached hydrogen (secondary N) is 3. The maximum atomic E-state index is 12.4. The fourth-order valence-corrected chi connectivity index (χ4v) is 3.11. The molecule has 2 aromatic carbocycles. The van der Waals surface area contributed by atoms with Gasteiger partial charge in [0.2, 0.25) is 17.8 Å². The summed E-state index contributed by atoms with van der Waals surface area (Å²) in [5.74, 6) is 0.550. The van der Waals surface area contributed by atoms with Crippen molar-refractivity contribution >= 4 is 35.1 Å². The lowest BCUT2D eigenvalue weighted by molar-refractivity contribution is -0.384. The first kappa shape index (κ1) is 20.0. The van der Waals surface area contributed by atoms with Crippen molar-refractivity contribution in [2.24, 2.45) is 0 Å². The molecule has 0 atom stereocenters. The first-order valence-corrected chi connectivity index (χ1v) is 9.72. The fraction of sp³-hybridized carbons (Fsp3) is 0.200. The van der Waals surface area contributed by atoms with Gasteiger partial charge in [0.05, 0.1) is 4.92 Å². The molecule has 0 unspecified atom stereocenters. The third-order valence-electron chi connectivity index (χ3n) is 4.67. The average molecular weight is 420 g/mol. The normalized spacial score (nSPS) is 13.0. The molecule has 1 aromatic heterocycles. The summed E-state index contributed by atoms with van der Waals surface area (Å²) in [5, 5.41) is 13.9. The molecule has 158 valence electrons. The molecule has 1 amide bonds. The molecule has 4 rings (SSSR count). The Morgan fingerprint density at radius 3 is 2.29 bits per heavy atom. The largest absolute Gasteiger partial charge is 0.341 e. The quantitative estimate of drug-likeness (QED) is 0.389. The minimum Gasteiger partial charge on any atom is -0.341 e. The van der Waals surface area contributed by atoms with E-state index in [2.05, 4.69) is 36.0 Å². The number of rotatable bonds is 7. The molecule has 1 aliphatic heterocycles. The second-order valence-electron chi connectivity index (χ2n) is 6.85. The topological polar surface area (TPSA) is 138 Å². The zero-order valence-corrected chi connectivity index (χ0v) is 16.5. The number of benzene rings is 2. The van der Waals surface area contributed by atoms with E-state index in [0.29, 0.717) is 11.9 Å². The lowest BCUT2D eigenvalue weighted by Gasteiger charge is -2.17. The summed E-state index contributed by atoms with van der Waals surface area (Å²) < 4.78 is 0. The van der Waals surface area contributed by atoms with Crippen molar-refractivity contribution in [3.63, 3.8) is 0 Å². The number of hydrazine groups is 1. The van der Waals surface area contributed by atoms with Crippen LogP contribution < -0.4 is 21.1 Å². The number of amides is 1. The SMILES string of the molecule is O=C(NNc1nc(Nc2ccccc2)nc(N2CCCC2)n1)c1ccc([N+](=O)[O-])cc1. The second kappa shape index (κ2) is 9.03. The highest BCUT2D eigenvalue weighted by Gasteiger charge is 2.18. The van der Waals surface area contributed by atoms with Gasteiger partial charge in [-0.05, 0) is 37.1 Å².